The van der Waals surface area contributed by atoms with E-state index in [4.69, 9.17) is 9.84 Å². The lowest BCUT2D eigenvalue weighted by atomic mass is 10.1. The van der Waals surface area contributed by atoms with Gasteiger partial charge in [0.25, 0.3) is 0 Å². The third-order valence-electron chi connectivity index (χ3n) is 4.83. The summed E-state index contributed by atoms with van der Waals surface area (Å²) in [6.45, 7) is 1.05. The maximum Gasteiger partial charge on any atom is 0.305 e. The van der Waals surface area contributed by atoms with Gasteiger partial charge >= 0.3 is 5.97 Å². The molecule has 1 amide bonds. The van der Waals surface area contributed by atoms with Crippen LogP contribution in [0.25, 0.3) is 0 Å². The number of halogens is 2. The zero-order valence-electron chi connectivity index (χ0n) is 13.8. The van der Waals surface area contributed by atoms with E-state index in [1.807, 2.05) is 0 Å². The van der Waals surface area contributed by atoms with Crippen LogP contribution >= 0.6 is 0 Å². The summed E-state index contributed by atoms with van der Waals surface area (Å²) in [5.74, 6) is -3.50. The van der Waals surface area contributed by atoms with Crippen LogP contribution in [0.2, 0.25) is 0 Å². The number of ether oxygens (including phenoxy) is 1. The molecule has 0 unspecified atom stereocenters. The Bertz CT molecular complexity index is 640. The molecule has 2 aliphatic rings. The van der Waals surface area contributed by atoms with Gasteiger partial charge in [-0.25, -0.2) is 8.78 Å². The van der Waals surface area contributed by atoms with Crippen molar-refractivity contribution in [1.29, 1.82) is 0 Å². The normalized spacial score (nSPS) is 25.0. The van der Waals surface area contributed by atoms with Crippen molar-refractivity contribution in [3.63, 3.8) is 0 Å². The number of carboxylic acids is 1. The SMILES string of the molecule is O=C(O)CCN(C[C@@H]1CCCO1)C(=O)[C@H]1C[C@H]1c1c(F)cccc1F. The predicted octanol–water partition coefficient (Wildman–Crippen LogP) is 2.55. The van der Waals surface area contributed by atoms with E-state index in [0.29, 0.717) is 19.6 Å². The summed E-state index contributed by atoms with van der Waals surface area (Å²) >= 11 is 0. The van der Waals surface area contributed by atoms with E-state index in [0.717, 1.165) is 12.8 Å². The summed E-state index contributed by atoms with van der Waals surface area (Å²) in [5.41, 5.74) is -0.0452. The van der Waals surface area contributed by atoms with Crippen molar-refractivity contribution >= 4 is 11.9 Å². The molecule has 1 saturated carbocycles. The molecular weight excluding hydrogens is 332 g/mol. The van der Waals surface area contributed by atoms with Gasteiger partial charge in [-0.05, 0) is 31.4 Å². The molecule has 136 valence electrons. The number of rotatable bonds is 7. The third-order valence-corrected chi connectivity index (χ3v) is 4.83. The maximum atomic E-state index is 13.9. The first-order valence-electron chi connectivity index (χ1n) is 8.53. The molecule has 5 nitrogen and oxygen atoms in total. The fourth-order valence-corrected chi connectivity index (χ4v) is 3.44. The number of amides is 1. The topological polar surface area (TPSA) is 66.8 Å². The molecule has 3 rings (SSSR count). The molecule has 0 radical (unpaired) electrons. The molecule has 1 aliphatic heterocycles. The van der Waals surface area contributed by atoms with Crippen LogP contribution < -0.4 is 0 Å². The number of carbonyl (C=O) groups is 2. The van der Waals surface area contributed by atoms with Gasteiger partial charge in [0.1, 0.15) is 11.6 Å². The second-order valence-electron chi connectivity index (χ2n) is 6.65. The van der Waals surface area contributed by atoms with Crippen molar-refractivity contribution in [3.05, 3.63) is 35.4 Å². The zero-order chi connectivity index (χ0) is 18.0. The van der Waals surface area contributed by atoms with Gasteiger partial charge in [-0.2, -0.15) is 0 Å². The highest BCUT2D eigenvalue weighted by Crippen LogP contribution is 2.50. The van der Waals surface area contributed by atoms with Crippen LogP contribution in [0.15, 0.2) is 18.2 Å². The second-order valence-corrected chi connectivity index (χ2v) is 6.65. The van der Waals surface area contributed by atoms with Crippen LogP contribution in [-0.2, 0) is 14.3 Å². The van der Waals surface area contributed by atoms with E-state index in [1.54, 1.807) is 0 Å². The highest BCUT2D eigenvalue weighted by atomic mass is 19.1. The molecule has 7 heteroatoms. The first kappa shape index (κ1) is 17.8. The molecule has 0 aromatic heterocycles. The monoisotopic (exact) mass is 353 g/mol. The van der Waals surface area contributed by atoms with Gasteiger partial charge in [0.15, 0.2) is 0 Å². The fourth-order valence-electron chi connectivity index (χ4n) is 3.44. The molecule has 3 atom stereocenters. The Balaban J connectivity index is 1.68. The van der Waals surface area contributed by atoms with E-state index < -0.39 is 29.4 Å². The van der Waals surface area contributed by atoms with E-state index in [-0.39, 0.29) is 30.5 Å². The molecule has 1 saturated heterocycles. The van der Waals surface area contributed by atoms with Gasteiger partial charge in [-0.1, -0.05) is 6.07 Å². The zero-order valence-corrected chi connectivity index (χ0v) is 13.8. The van der Waals surface area contributed by atoms with Gasteiger partial charge in [-0.3, -0.25) is 9.59 Å². The van der Waals surface area contributed by atoms with Crippen molar-refractivity contribution in [3.8, 4) is 0 Å². The van der Waals surface area contributed by atoms with E-state index >= 15 is 0 Å². The predicted molar refractivity (Wildman–Crippen MR) is 85.0 cm³/mol. The summed E-state index contributed by atoms with van der Waals surface area (Å²) in [6.07, 6.45) is 1.86. The first-order chi connectivity index (χ1) is 12.0. The van der Waals surface area contributed by atoms with Crippen LogP contribution in [0.1, 0.15) is 37.2 Å². The highest BCUT2D eigenvalue weighted by Gasteiger charge is 2.48. The second kappa shape index (κ2) is 7.47. The first-order valence-corrected chi connectivity index (χ1v) is 8.53. The Morgan fingerprint density at radius 1 is 1.28 bits per heavy atom. The van der Waals surface area contributed by atoms with Gasteiger partial charge in [0.2, 0.25) is 5.91 Å². The summed E-state index contributed by atoms with van der Waals surface area (Å²) in [7, 11) is 0. The van der Waals surface area contributed by atoms with Gasteiger partial charge < -0.3 is 14.7 Å². The molecule has 1 aromatic rings. The Morgan fingerprint density at radius 3 is 2.60 bits per heavy atom. The Hall–Kier alpha value is -2.02. The van der Waals surface area contributed by atoms with Crippen molar-refractivity contribution in [2.45, 2.75) is 37.7 Å². The van der Waals surface area contributed by atoms with Crippen molar-refractivity contribution in [2.24, 2.45) is 5.92 Å². The highest BCUT2D eigenvalue weighted by molar-refractivity contribution is 5.83. The minimum atomic E-state index is -0.988. The molecule has 1 N–H and O–H groups in total. The van der Waals surface area contributed by atoms with E-state index in [1.165, 1.54) is 23.1 Å². The summed E-state index contributed by atoms with van der Waals surface area (Å²) in [4.78, 5) is 25.1. The lowest BCUT2D eigenvalue weighted by molar-refractivity contribution is -0.139. The number of aliphatic carboxylic acids is 1. The Kier molecular flexibility index (Phi) is 5.32. The number of benzene rings is 1. The number of carboxylic acid groups (broad SMARTS) is 1. The Morgan fingerprint density at radius 2 is 2.00 bits per heavy atom. The van der Waals surface area contributed by atoms with Crippen LogP contribution in [-0.4, -0.2) is 47.7 Å². The average Bonchev–Trinajstić information content (AvgIpc) is 3.16. The smallest absolute Gasteiger partial charge is 0.305 e. The molecule has 1 aromatic carbocycles. The minimum absolute atomic E-state index is 0.0452. The molecule has 0 spiro atoms. The fraction of sp³-hybridized carbons (Fsp3) is 0.556. The lowest BCUT2D eigenvalue weighted by Crippen LogP contribution is -2.40. The number of carbonyl (C=O) groups excluding carboxylic acids is 1. The van der Waals surface area contributed by atoms with Gasteiger partial charge in [0, 0.05) is 37.1 Å². The van der Waals surface area contributed by atoms with Crippen molar-refractivity contribution in [1.82, 2.24) is 4.90 Å². The molecule has 2 fully saturated rings. The Labute approximate surface area is 144 Å². The van der Waals surface area contributed by atoms with Crippen LogP contribution in [0.5, 0.6) is 0 Å². The number of hydrogen-bond acceptors (Lipinski definition) is 3. The van der Waals surface area contributed by atoms with Crippen LogP contribution in [0, 0.1) is 17.6 Å². The standard InChI is InChI=1S/C18H21F2NO4/c19-14-4-1-5-15(20)17(14)12-9-13(12)18(24)21(7-6-16(22)23)10-11-3-2-8-25-11/h1,4-5,11-13H,2-3,6-10H2,(H,22,23)/t11-,12+,13-/m0/s1. The van der Waals surface area contributed by atoms with Gasteiger partial charge in [-0.15, -0.1) is 0 Å². The van der Waals surface area contributed by atoms with Crippen LogP contribution in [0.4, 0.5) is 8.78 Å². The van der Waals surface area contributed by atoms with Gasteiger partial charge in [0.05, 0.1) is 12.5 Å². The quantitative estimate of drug-likeness (QED) is 0.818. The van der Waals surface area contributed by atoms with Crippen molar-refractivity contribution in [2.75, 3.05) is 19.7 Å². The molecule has 0 bridgehead atoms. The number of nitrogens with zero attached hydrogens (tertiary/aromatic N) is 1. The van der Waals surface area contributed by atoms with Crippen LogP contribution in [0.3, 0.4) is 0 Å². The minimum Gasteiger partial charge on any atom is -0.481 e. The molecule has 1 aliphatic carbocycles. The maximum absolute atomic E-state index is 13.9. The molecule has 1 heterocycles. The summed E-state index contributed by atoms with van der Waals surface area (Å²) in [6, 6.07) is 3.67. The number of hydrogen-bond donors (Lipinski definition) is 1. The van der Waals surface area contributed by atoms with Crippen molar-refractivity contribution < 1.29 is 28.2 Å². The van der Waals surface area contributed by atoms with E-state index in [9.17, 15) is 18.4 Å². The molecular formula is C18H21F2NO4. The average molecular weight is 353 g/mol. The summed E-state index contributed by atoms with van der Waals surface area (Å²) < 4.78 is 33.3. The lowest BCUT2D eigenvalue weighted by Gasteiger charge is -2.25. The summed E-state index contributed by atoms with van der Waals surface area (Å²) in [5, 5.41) is 8.89. The third kappa shape index (κ3) is 4.15. The van der Waals surface area contributed by atoms with E-state index in [2.05, 4.69) is 0 Å². The molecule has 25 heavy (non-hydrogen) atoms. The largest absolute Gasteiger partial charge is 0.481 e.